The summed E-state index contributed by atoms with van der Waals surface area (Å²) < 4.78 is 25.7. The van der Waals surface area contributed by atoms with Gasteiger partial charge in [0.2, 0.25) is 5.91 Å². The third-order valence-corrected chi connectivity index (χ3v) is 7.14. The predicted octanol–water partition coefficient (Wildman–Crippen LogP) is 1.27. The van der Waals surface area contributed by atoms with Crippen LogP contribution < -0.4 is 15.7 Å². The molecule has 1 aromatic heterocycles. The number of benzene rings is 1. The van der Waals surface area contributed by atoms with Crippen LogP contribution in [0.4, 0.5) is 10.8 Å². The van der Waals surface area contributed by atoms with Crippen LogP contribution in [0.25, 0.3) is 0 Å². The second-order valence-corrected chi connectivity index (χ2v) is 9.01. The van der Waals surface area contributed by atoms with Gasteiger partial charge in [-0.2, -0.15) is 0 Å². The maximum atomic E-state index is 12.9. The fourth-order valence-corrected chi connectivity index (χ4v) is 5.32. The van der Waals surface area contributed by atoms with E-state index in [1.54, 1.807) is 16.5 Å². The normalized spacial score (nSPS) is 17.9. The number of rotatable bonds is 5. The molecule has 9 nitrogen and oxygen atoms in total. The largest absolute Gasteiger partial charge is 0.369 e. The van der Waals surface area contributed by atoms with Crippen molar-refractivity contribution in [1.29, 1.82) is 0 Å². The summed E-state index contributed by atoms with van der Waals surface area (Å²) in [5, 5.41) is 12.6. The smallest absolute Gasteiger partial charge is 0.257 e. The van der Waals surface area contributed by atoms with Gasteiger partial charge in [-0.3, -0.25) is 20.1 Å². The zero-order chi connectivity index (χ0) is 19.6. The summed E-state index contributed by atoms with van der Waals surface area (Å²) in [6.45, 7) is 2.45. The molecular weight excluding hydrogens is 392 g/mol. The number of amides is 2. The fourth-order valence-electron chi connectivity index (χ4n) is 2.95. The van der Waals surface area contributed by atoms with Gasteiger partial charge >= 0.3 is 0 Å². The van der Waals surface area contributed by atoms with Crippen molar-refractivity contribution in [1.82, 2.24) is 10.5 Å². The summed E-state index contributed by atoms with van der Waals surface area (Å²) in [7, 11) is -3.78. The molecule has 3 rings (SSSR count). The third-order valence-electron chi connectivity index (χ3n) is 4.30. The molecule has 0 saturated carbocycles. The first-order valence-electron chi connectivity index (χ1n) is 8.13. The van der Waals surface area contributed by atoms with Crippen molar-refractivity contribution in [2.45, 2.75) is 23.5 Å². The Balaban J connectivity index is 1.95. The average Bonchev–Trinajstić information content (AvgIpc) is 3.16. The molecule has 27 heavy (non-hydrogen) atoms. The predicted molar refractivity (Wildman–Crippen MR) is 99.9 cm³/mol. The highest BCUT2D eigenvalue weighted by Crippen LogP contribution is 2.35. The molecule has 2 heterocycles. The minimum Gasteiger partial charge on any atom is -0.369 e. The van der Waals surface area contributed by atoms with Crippen molar-refractivity contribution < 1.29 is 23.2 Å². The van der Waals surface area contributed by atoms with Crippen molar-refractivity contribution in [3.8, 4) is 0 Å². The molecule has 0 fully saturated rings. The molecule has 2 aromatic rings. The number of fused-ring (bicyclic) bond motifs is 1. The SMILES string of the molecule is CCN1CC(CC(=O)NO)S(=O)(=O)c2ccc(C(=O)Nc3nccs3)cc21. The van der Waals surface area contributed by atoms with Crippen molar-refractivity contribution in [3.05, 3.63) is 35.3 Å². The third kappa shape index (κ3) is 3.80. The van der Waals surface area contributed by atoms with Gasteiger partial charge in [-0.1, -0.05) is 0 Å². The Morgan fingerprint density at radius 2 is 2.19 bits per heavy atom. The maximum absolute atomic E-state index is 12.9. The van der Waals surface area contributed by atoms with Gasteiger partial charge < -0.3 is 4.90 Å². The summed E-state index contributed by atoms with van der Waals surface area (Å²) in [5.41, 5.74) is 2.20. The van der Waals surface area contributed by atoms with E-state index < -0.39 is 21.0 Å². The standard InChI is InChI=1S/C16H18N4O5S2/c1-2-20-9-11(8-14(21)19-23)27(24,25)13-4-3-10(7-12(13)20)15(22)18-16-17-5-6-26-16/h3-7,11,23H,2,8-9H2,1H3,(H,19,21)(H,17,18,22). The van der Waals surface area contributed by atoms with Gasteiger partial charge in [0.15, 0.2) is 15.0 Å². The highest BCUT2D eigenvalue weighted by atomic mass is 32.2. The lowest BCUT2D eigenvalue weighted by Crippen LogP contribution is -2.44. The minimum atomic E-state index is -3.78. The minimum absolute atomic E-state index is 0.0668. The molecule has 0 spiro atoms. The van der Waals surface area contributed by atoms with E-state index in [2.05, 4.69) is 10.3 Å². The number of sulfone groups is 1. The Morgan fingerprint density at radius 3 is 2.81 bits per heavy atom. The number of carbonyl (C=O) groups is 2. The first-order valence-corrected chi connectivity index (χ1v) is 10.6. The Morgan fingerprint density at radius 1 is 1.41 bits per heavy atom. The van der Waals surface area contributed by atoms with Crippen LogP contribution >= 0.6 is 11.3 Å². The van der Waals surface area contributed by atoms with Gasteiger partial charge in [0.05, 0.1) is 15.8 Å². The first kappa shape index (κ1) is 19.3. The number of anilines is 2. The summed E-state index contributed by atoms with van der Waals surface area (Å²) in [5.74, 6) is -1.15. The van der Waals surface area contributed by atoms with Gasteiger partial charge in [0.25, 0.3) is 5.91 Å². The summed E-state index contributed by atoms with van der Waals surface area (Å²) >= 11 is 1.28. The van der Waals surface area contributed by atoms with Crippen LogP contribution in [-0.4, -0.2) is 48.8 Å². The quantitative estimate of drug-likeness (QED) is 0.500. The molecule has 0 aliphatic carbocycles. The second kappa shape index (κ2) is 7.62. The molecule has 0 saturated heterocycles. The van der Waals surface area contributed by atoms with Crippen LogP contribution in [0, 0.1) is 0 Å². The molecule has 11 heteroatoms. The number of hydrogen-bond donors (Lipinski definition) is 3. The van der Waals surface area contributed by atoms with Crippen LogP contribution in [0.1, 0.15) is 23.7 Å². The molecule has 1 unspecified atom stereocenters. The van der Waals surface area contributed by atoms with E-state index in [-0.39, 0.29) is 23.8 Å². The average molecular weight is 410 g/mol. The van der Waals surface area contributed by atoms with Crippen LogP contribution in [0.5, 0.6) is 0 Å². The second-order valence-electron chi connectivity index (χ2n) is 5.92. The van der Waals surface area contributed by atoms with Gasteiger partial charge in [0.1, 0.15) is 0 Å². The molecule has 144 valence electrons. The lowest BCUT2D eigenvalue weighted by Gasteiger charge is -2.35. The molecular formula is C16H18N4O5S2. The molecule has 0 radical (unpaired) electrons. The Labute approximate surface area is 159 Å². The molecule has 0 bridgehead atoms. The number of nitrogens with zero attached hydrogens (tertiary/aromatic N) is 2. The Hall–Kier alpha value is -2.50. The summed E-state index contributed by atoms with van der Waals surface area (Å²) in [4.78, 5) is 29.7. The number of hydrogen-bond acceptors (Lipinski definition) is 8. The molecule has 2 amide bonds. The molecule has 1 aliphatic heterocycles. The highest BCUT2D eigenvalue weighted by molar-refractivity contribution is 7.92. The lowest BCUT2D eigenvalue weighted by atomic mass is 10.1. The van der Waals surface area contributed by atoms with E-state index >= 15 is 0 Å². The number of hydroxylamine groups is 1. The molecule has 1 aromatic carbocycles. The van der Waals surface area contributed by atoms with Crippen molar-refractivity contribution in [2.24, 2.45) is 0 Å². The van der Waals surface area contributed by atoms with Crippen molar-refractivity contribution >= 4 is 43.8 Å². The zero-order valence-electron chi connectivity index (χ0n) is 14.4. The van der Waals surface area contributed by atoms with Crippen LogP contribution in [0.15, 0.2) is 34.7 Å². The number of nitrogens with one attached hydrogen (secondary N) is 2. The van der Waals surface area contributed by atoms with Gasteiger partial charge in [-0.25, -0.2) is 18.9 Å². The van der Waals surface area contributed by atoms with Crippen LogP contribution in [-0.2, 0) is 14.6 Å². The molecule has 1 aliphatic rings. The Bertz CT molecular complexity index is 959. The van der Waals surface area contributed by atoms with E-state index in [1.165, 1.54) is 35.0 Å². The Kier molecular flexibility index (Phi) is 5.44. The van der Waals surface area contributed by atoms with Gasteiger partial charge in [0, 0.05) is 36.7 Å². The van der Waals surface area contributed by atoms with E-state index in [4.69, 9.17) is 5.21 Å². The maximum Gasteiger partial charge on any atom is 0.257 e. The first-order chi connectivity index (χ1) is 12.9. The fraction of sp³-hybridized carbons (Fsp3) is 0.312. The summed E-state index contributed by atoms with van der Waals surface area (Å²) in [6, 6.07) is 4.34. The molecule has 1 atom stereocenters. The monoisotopic (exact) mass is 410 g/mol. The van der Waals surface area contributed by atoms with Gasteiger partial charge in [-0.15, -0.1) is 11.3 Å². The van der Waals surface area contributed by atoms with E-state index in [1.807, 2.05) is 6.92 Å². The highest BCUT2D eigenvalue weighted by Gasteiger charge is 2.38. The topological polar surface area (TPSA) is 129 Å². The van der Waals surface area contributed by atoms with Crippen LogP contribution in [0.2, 0.25) is 0 Å². The molecule has 3 N–H and O–H groups in total. The number of thiazole rings is 1. The van der Waals surface area contributed by atoms with E-state index in [0.29, 0.717) is 22.9 Å². The van der Waals surface area contributed by atoms with E-state index in [0.717, 1.165) is 0 Å². The summed E-state index contributed by atoms with van der Waals surface area (Å²) in [6.07, 6.45) is 1.22. The van der Waals surface area contributed by atoms with Crippen molar-refractivity contribution in [3.63, 3.8) is 0 Å². The number of carbonyl (C=O) groups excluding carboxylic acids is 2. The zero-order valence-corrected chi connectivity index (χ0v) is 16.0. The van der Waals surface area contributed by atoms with Crippen LogP contribution in [0.3, 0.4) is 0 Å². The van der Waals surface area contributed by atoms with Crippen molar-refractivity contribution in [2.75, 3.05) is 23.3 Å². The van der Waals surface area contributed by atoms with Gasteiger partial charge in [-0.05, 0) is 25.1 Å². The lowest BCUT2D eigenvalue weighted by molar-refractivity contribution is -0.129. The number of aromatic nitrogens is 1. The van der Waals surface area contributed by atoms with E-state index in [9.17, 15) is 18.0 Å².